The molecule has 0 spiro atoms. The number of hydrogen-bond acceptors (Lipinski definition) is 3. The molecule has 0 aliphatic carbocycles. The number of rotatable bonds is 1. The van der Waals surface area contributed by atoms with Crippen molar-refractivity contribution in [2.75, 3.05) is 0 Å². The maximum Gasteiger partial charge on any atom is 0.221 e. The third kappa shape index (κ3) is 0.556. The van der Waals surface area contributed by atoms with Gasteiger partial charge in [0.1, 0.15) is 0 Å². The highest BCUT2D eigenvalue weighted by Gasteiger charge is 2.01. The van der Waals surface area contributed by atoms with E-state index in [0.717, 1.165) is 0 Å². The van der Waals surface area contributed by atoms with Gasteiger partial charge in [0.15, 0.2) is 11.2 Å². The summed E-state index contributed by atoms with van der Waals surface area (Å²) in [5.74, 6) is 0.517. The topological polar surface area (TPSA) is 54.7 Å². The Morgan fingerprint density at radius 2 is 2.60 bits per heavy atom. The van der Waals surface area contributed by atoms with Crippen LogP contribution in [0.2, 0.25) is 0 Å². The fraction of sp³-hybridized carbons (Fsp3) is 0. The molecule has 0 saturated heterocycles. The Labute approximate surface area is 56.6 Å². The van der Waals surface area contributed by atoms with Crippen LogP contribution in [0.4, 0.5) is 0 Å². The van der Waals surface area contributed by atoms with Gasteiger partial charge in [-0.05, 0) is 6.08 Å². The summed E-state index contributed by atoms with van der Waals surface area (Å²) in [7, 11) is 0. The lowest BCUT2D eigenvalue weighted by Crippen LogP contribution is -1.70. The fourth-order valence-electron chi connectivity index (χ4n) is 0.756. The van der Waals surface area contributed by atoms with E-state index >= 15 is 0 Å². The molecule has 2 aromatic heterocycles. The average Bonchev–Trinajstić information content (AvgIpc) is 2.42. The van der Waals surface area contributed by atoms with E-state index in [2.05, 4.69) is 21.8 Å². The fourth-order valence-corrected chi connectivity index (χ4v) is 0.756. The van der Waals surface area contributed by atoms with Gasteiger partial charge in [0.2, 0.25) is 5.89 Å². The van der Waals surface area contributed by atoms with Gasteiger partial charge in [-0.2, -0.15) is 10.1 Å². The summed E-state index contributed by atoms with van der Waals surface area (Å²) in [6.07, 6.45) is 3.13. The van der Waals surface area contributed by atoms with Crippen molar-refractivity contribution < 1.29 is 4.42 Å². The minimum Gasteiger partial charge on any atom is -0.433 e. The van der Waals surface area contributed by atoms with Gasteiger partial charge >= 0.3 is 0 Å². The number of aromatic nitrogens is 3. The lowest BCUT2D eigenvalue weighted by molar-refractivity contribution is 0.588. The van der Waals surface area contributed by atoms with Crippen molar-refractivity contribution in [2.45, 2.75) is 0 Å². The number of nitrogens with one attached hydrogen (secondary N) is 1. The van der Waals surface area contributed by atoms with Crippen LogP contribution in [0.5, 0.6) is 0 Å². The van der Waals surface area contributed by atoms with Crippen molar-refractivity contribution in [1.29, 1.82) is 0 Å². The average molecular weight is 135 g/mol. The van der Waals surface area contributed by atoms with Crippen LogP contribution in [0.25, 0.3) is 17.3 Å². The quantitative estimate of drug-likeness (QED) is 0.639. The number of hydrogen-bond donors (Lipinski definition) is 1. The van der Waals surface area contributed by atoms with Crippen LogP contribution in [-0.2, 0) is 0 Å². The Kier molecular flexibility index (Phi) is 0.887. The van der Waals surface area contributed by atoms with Crippen molar-refractivity contribution in [3.63, 3.8) is 0 Å². The van der Waals surface area contributed by atoms with E-state index in [9.17, 15) is 0 Å². The lowest BCUT2D eigenvalue weighted by atomic mass is 10.6. The van der Waals surface area contributed by atoms with Crippen LogP contribution in [0, 0.1) is 0 Å². The molecule has 0 atom stereocenters. The van der Waals surface area contributed by atoms with E-state index < -0.39 is 0 Å². The minimum absolute atomic E-state index is 0.517. The third-order valence-corrected chi connectivity index (χ3v) is 1.20. The highest BCUT2D eigenvalue weighted by atomic mass is 16.3. The summed E-state index contributed by atoms with van der Waals surface area (Å²) in [5.41, 5.74) is 1.32. The number of fused-ring (bicyclic) bond motifs is 1. The van der Waals surface area contributed by atoms with Crippen molar-refractivity contribution in [3.05, 3.63) is 18.7 Å². The van der Waals surface area contributed by atoms with Gasteiger partial charge in [-0.1, -0.05) is 6.58 Å². The molecule has 2 heterocycles. The zero-order valence-corrected chi connectivity index (χ0v) is 5.16. The molecule has 10 heavy (non-hydrogen) atoms. The molecular weight excluding hydrogens is 130 g/mol. The molecule has 1 N–H and O–H groups in total. The van der Waals surface area contributed by atoms with E-state index in [4.69, 9.17) is 4.42 Å². The summed E-state index contributed by atoms with van der Waals surface area (Å²) in [4.78, 5) is 3.99. The largest absolute Gasteiger partial charge is 0.433 e. The summed E-state index contributed by atoms with van der Waals surface area (Å²) >= 11 is 0. The first-order valence-corrected chi connectivity index (χ1v) is 2.82. The molecule has 0 unspecified atom stereocenters. The molecule has 0 bridgehead atoms. The molecule has 50 valence electrons. The third-order valence-electron chi connectivity index (χ3n) is 1.20. The summed E-state index contributed by atoms with van der Waals surface area (Å²) < 4.78 is 5.13. The van der Waals surface area contributed by atoms with Crippen LogP contribution in [0.3, 0.4) is 0 Å². The first kappa shape index (κ1) is 5.22. The molecule has 0 saturated carbocycles. The molecule has 0 aromatic carbocycles. The van der Waals surface area contributed by atoms with Crippen molar-refractivity contribution in [1.82, 2.24) is 15.2 Å². The summed E-state index contributed by atoms with van der Waals surface area (Å²) in [6.45, 7) is 3.52. The Hall–Kier alpha value is -1.58. The van der Waals surface area contributed by atoms with Crippen molar-refractivity contribution >= 4 is 17.3 Å². The zero-order chi connectivity index (χ0) is 6.97. The SMILES string of the molecule is C=Cc1nc2[nH]ncc2o1. The van der Waals surface area contributed by atoms with Crippen LogP contribution in [-0.4, -0.2) is 15.2 Å². The van der Waals surface area contributed by atoms with E-state index in [0.29, 0.717) is 17.1 Å². The van der Waals surface area contributed by atoms with Gasteiger partial charge in [0.25, 0.3) is 0 Å². The number of H-pyrrole nitrogens is 1. The molecule has 0 fully saturated rings. The molecule has 4 nitrogen and oxygen atoms in total. The Bertz CT molecular complexity index is 331. The van der Waals surface area contributed by atoms with Crippen LogP contribution in [0.1, 0.15) is 5.89 Å². The molecule has 0 aliphatic heterocycles. The van der Waals surface area contributed by atoms with E-state index in [1.165, 1.54) is 0 Å². The minimum atomic E-state index is 0.517. The number of oxazole rings is 1. The second-order valence-corrected chi connectivity index (χ2v) is 1.84. The highest BCUT2D eigenvalue weighted by Crippen LogP contribution is 2.11. The normalized spacial score (nSPS) is 10.4. The predicted octanol–water partition coefficient (Wildman–Crippen LogP) is 1.19. The van der Waals surface area contributed by atoms with Gasteiger partial charge < -0.3 is 4.42 Å². The Morgan fingerprint density at radius 3 is 3.30 bits per heavy atom. The summed E-state index contributed by atoms with van der Waals surface area (Å²) in [6, 6.07) is 0. The number of nitrogens with zero attached hydrogens (tertiary/aromatic N) is 2. The monoisotopic (exact) mass is 135 g/mol. The van der Waals surface area contributed by atoms with Gasteiger partial charge in [-0.15, -0.1) is 0 Å². The van der Waals surface area contributed by atoms with Crippen LogP contribution in [0.15, 0.2) is 17.2 Å². The van der Waals surface area contributed by atoms with Gasteiger partial charge in [0, 0.05) is 0 Å². The highest BCUT2D eigenvalue weighted by molar-refractivity contribution is 5.67. The predicted molar refractivity (Wildman–Crippen MR) is 36.2 cm³/mol. The van der Waals surface area contributed by atoms with E-state index in [-0.39, 0.29) is 0 Å². The van der Waals surface area contributed by atoms with E-state index in [1.54, 1.807) is 12.3 Å². The lowest BCUT2D eigenvalue weighted by Gasteiger charge is -1.74. The zero-order valence-electron chi connectivity index (χ0n) is 5.16. The number of aromatic amines is 1. The maximum absolute atomic E-state index is 5.13. The van der Waals surface area contributed by atoms with Crippen LogP contribution >= 0.6 is 0 Å². The van der Waals surface area contributed by atoms with Gasteiger partial charge in [0.05, 0.1) is 6.20 Å². The second kappa shape index (κ2) is 1.70. The summed E-state index contributed by atoms with van der Waals surface area (Å²) in [5, 5.41) is 6.39. The molecule has 0 aliphatic rings. The first-order valence-electron chi connectivity index (χ1n) is 2.82. The van der Waals surface area contributed by atoms with Crippen molar-refractivity contribution in [2.24, 2.45) is 0 Å². The van der Waals surface area contributed by atoms with E-state index in [1.807, 2.05) is 0 Å². The van der Waals surface area contributed by atoms with Crippen LogP contribution < -0.4 is 0 Å². The molecule has 2 aromatic rings. The molecule has 0 amide bonds. The second-order valence-electron chi connectivity index (χ2n) is 1.84. The Morgan fingerprint density at radius 1 is 1.70 bits per heavy atom. The van der Waals surface area contributed by atoms with Gasteiger partial charge in [-0.3, -0.25) is 5.10 Å². The molecule has 2 rings (SSSR count). The van der Waals surface area contributed by atoms with Crippen molar-refractivity contribution in [3.8, 4) is 0 Å². The molecule has 4 heteroatoms. The first-order chi connectivity index (χ1) is 4.90. The smallest absolute Gasteiger partial charge is 0.221 e. The Balaban J connectivity index is 2.78. The van der Waals surface area contributed by atoms with Gasteiger partial charge in [-0.25, -0.2) is 0 Å². The standard InChI is InChI=1S/C6H5N3O/c1-2-5-8-6-4(10-5)3-7-9-6/h2-3H,1H2,(H,7,9). The molecule has 0 radical (unpaired) electrons. The molecular formula is C6H5N3O. The maximum atomic E-state index is 5.13.